The maximum atomic E-state index is 12.5. The van der Waals surface area contributed by atoms with Crippen molar-refractivity contribution in [2.24, 2.45) is 0 Å². The Balaban J connectivity index is 1.79. The lowest BCUT2D eigenvalue weighted by molar-refractivity contribution is -0.160. The van der Waals surface area contributed by atoms with Crippen LogP contribution in [0.5, 0.6) is 0 Å². The molecule has 0 saturated heterocycles. The number of aliphatic carboxylic acids is 1. The van der Waals surface area contributed by atoms with Crippen LogP contribution in [0.4, 0.5) is 0 Å². The Morgan fingerprint density at radius 2 is 1.77 bits per heavy atom. The number of ether oxygens (including phenoxy) is 1. The van der Waals surface area contributed by atoms with Crippen molar-refractivity contribution in [1.82, 2.24) is 9.88 Å². The molecule has 5 heteroatoms. The van der Waals surface area contributed by atoms with Crippen LogP contribution in [-0.2, 0) is 28.9 Å². The Kier molecular flexibility index (Phi) is 7.39. The first-order chi connectivity index (χ1) is 16.6. The fourth-order valence-electron chi connectivity index (χ4n) is 4.84. The van der Waals surface area contributed by atoms with Crippen molar-refractivity contribution in [1.29, 1.82) is 0 Å². The fraction of sp³-hybridized carbons (Fsp3) is 0.400. The second-order valence-electron chi connectivity index (χ2n) is 10.5. The Hall–Kier alpha value is -3.02. The zero-order chi connectivity index (χ0) is 25.2. The van der Waals surface area contributed by atoms with Crippen LogP contribution in [0.1, 0.15) is 60.5 Å². The van der Waals surface area contributed by atoms with Crippen LogP contribution < -0.4 is 0 Å². The average molecular weight is 473 g/mol. The van der Waals surface area contributed by atoms with E-state index < -0.39 is 17.7 Å². The minimum Gasteiger partial charge on any atom is -0.479 e. The van der Waals surface area contributed by atoms with Crippen molar-refractivity contribution in [2.45, 2.75) is 65.7 Å². The molecule has 0 bridgehead atoms. The van der Waals surface area contributed by atoms with Crippen LogP contribution in [0.3, 0.4) is 0 Å². The molecule has 35 heavy (non-hydrogen) atoms. The predicted molar refractivity (Wildman–Crippen MR) is 139 cm³/mol. The smallest absolute Gasteiger partial charge is 0.337 e. The largest absolute Gasteiger partial charge is 0.479 e. The molecule has 0 radical (unpaired) electrons. The number of aromatic nitrogens is 1. The minimum atomic E-state index is -1.09. The molecule has 0 fully saturated rings. The molecule has 184 valence electrons. The van der Waals surface area contributed by atoms with E-state index in [9.17, 15) is 9.90 Å². The zero-order valence-corrected chi connectivity index (χ0v) is 21.5. The minimum absolute atomic E-state index is 0.613. The normalized spacial score (nSPS) is 15.0. The summed E-state index contributed by atoms with van der Waals surface area (Å²) in [7, 11) is 0. The lowest BCUT2D eigenvalue weighted by Gasteiger charge is -2.33. The van der Waals surface area contributed by atoms with Gasteiger partial charge in [0, 0.05) is 43.0 Å². The van der Waals surface area contributed by atoms with Crippen molar-refractivity contribution < 1.29 is 14.6 Å². The Morgan fingerprint density at radius 3 is 2.40 bits per heavy atom. The molecule has 1 aliphatic rings. The van der Waals surface area contributed by atoms with E-state index in [0.29, 0.717) is 5.56 Å². The van der Waals surface area contributed by atoms with E-state index >= 15 is 0 Å². The number of carboxylic acid groups (broad SMARTS) is 1. The highest BCUT2D eigenvalue weighted by molar-refractivity contribution is 5.82. The quantitative estimate of drug-likeness (QED) is 0.463. The van der Waals surface area contributed by atoms with Crippen molar-refractivity contribution in [2.75, 3.05) is 13.1 Å². The molecule has 3 aromatic rings. The number of fused-ring (bicyclic) bond motifs is 1. The molecule has 4 rings (SSSR count). The third-order valence-corrected chi connectivity index (χ3v) is 6.52. The van der Waals surface area contributed by atoms with Crippen molar-refractivity contribution in [3.63, 3.8) is 0 Å². The topological polar surface area (TPSA) is 62.7 Å². The first-order valence-electron chi connectivity index (χ1n) is 12.4. The van der Waals surface area contributed by atoms with Crippen LogP contribution >= 0.6 is 0 Å². The highest BCUT2D eigenvalue weighted by Gasteiger charge is 2.34. The first-order valence-corrected chi connectivity index (χ1v) is 12.4. The van der Waals surface area contributed by atoms with Crippen molar-refractivity contribution in [3.05, 3.63) is 88.2 Å². The van der Waals surface area contributed by atoms with E-state index in [1.807, 2.05) is 33.8 Å². The third-order valence-electron chi connectivity index (χ3n) is 6.52. The van der Waals surface area contributed by atoms with Gasteiger partial charge >= 0.3 is 5.97 Å². The standard InChI is InChI=1S/C30H36N2O3/c1-20-11-13-23(14-12-20)27-24-19-32(17-15-22-9-7-6-8-10-22)18-16-25(24)31-21(2)26(27)28(29(33)34)35-30(3,4)5/h6-14,28H,15-19H2,1-5H3,(H,33,34). The van der Waals surface area contributed by atoms with Gasteiger partial charge in [0.15, 0.2) is 6.10 Å². The van der Waals surface area contributed by atoms with Gasteiger partial charge in [-0.3, -0.25) is 9.88 Å². The molecule has 5 nitrogen and oxygen atoms in total. The summed E-state index contributed by atoms with van der Waals surface area (Å²) in [6.45, 7) is 12.3. The molecule has 1 N–H and O–H groups in total. The molecule has 1 unspecified atom stereocenters. The van der Waals surface area contributed by atoms with E-state index in [-0.39, 0.29) is 0 Å². The number of rotatable bonds is 7. The number of pyridine rings is 1. The molecule has 0 aliphatic carbocycles. The molecule has 0 spiro atoms. The predicted octanol–water partition coefficient (Wildman–Crippen LogP) is 5.91. The van der Waals surface area contributed by atoms with Gasteiger partial charge in [-0.15, -0.1) is 0 Å². The van der Waals surface area contributed by atoms with Gasteiger partial charge in [0.05, 0.1) is 5.60 Å². The van der Waals surface area contributed by atoms with Crippen LogP contribution in [-0.4, -0.2) is 39.7 Å². The second-order valence-corrected chi connectivity index (χ2v) is 10.5. The summed E-state index contributed by atoms with van der Waals surface area (Å²) in [4.78, 5) is 19.9. The lowest BCUT2D eigenvalue weighted by Crippen LogP contribution is -2.34. The molecule has 1 aromatic heterocycles. The Bertz CT molecular complexity index is 1180. The number of hydrogen-bond acceptors (Lipinski definition) is 4. The summed E-state index contributed by atoms with van der Waals surface area (Å²) in [5, 5.41) is 10.2. The number of carboxylic acids is 1. The molecule has 2 aromatic carbocycles. The maximum Gasteiger partial charge on any atom is 0.337 e. The number of carbonyl (C=O) groups is 1. The summed E-state index contributed by atoms with van der Waals surface area (Å²) in [5.41, 5.74) is 7.44. The molecule has 0 amide bonds. The SMILES string of the molecule is Cc1ccc(-c2c3c(nc(C)c2C(OC(C)(C)C)C(=O)O)CCN(CCc2ccccc2)C3)cc1. The van der Waals surface area contributed by atoms with E-state index in [0.717, 1.165) is 60.6 Å². The highest BCUT2D eigenvalue weighted by Crippen LogP contribution is 2.40. The fourth-order valence-corrected chi connectivity index (χ4v) is 4.84. The van der Waals surface area contributed by atoms with Crippen LogP contribution in [0.2, 0.25) is 0 Å². The lowest BCUT2D eigenvalue weighted by atomic mass is 9.87. The average Bonchev–Trinajstić information content (AvgIpc) is 2.81. The van der Waals surface area contributed by atoms with Crippen LogP contribution in [0.15, 0.2) is 54.6 Å². The van der Waals surface area contributed by atoms with Crippen molar-refractivity contribution >= 4 is 5.97 Å². The van der Waals surface area contributed by atoms with Gasteiger partial charge in [0.1, 0.15) is 0 Å². The molecule has 2 heterocycles. The zero-order valence-electron chi connectivity index (χ0n) is 21.5. The first kappa shape index (κ1) is 25.1. The molecule has 1 atom stereocenters. The molecular formula is C30H36N2O3. The Morgan fingerprint density at radius 1 is 1.09 bits per heavy atom. The van der Waals surface area contributed by atoms with Crippen LogP contribution in [0, 0.1) is 13.8 Å². The molecular weight excluding hydrogens is 436 g/mol. The number of benzene rings is 2. The van der Waals surface area contributed by atoms with E-state index in [1.165, 1.54) is 11.1 Å². The monoisotopic (exact) mass is 472 g/mol. The van der Waals surface area contributed by atoms with Gasteiger partial charge in [-0.05, 0) is 63.3 Å². The second kappa shape index (κ2) is 10.3. The summed E-state index contributed by atoms with van der Waals surface area (Å²) in [6, 6.07) is 18.9. The van der Waals surface area contributed by atoms with Crippen LogP contribution in [0.25, 0.3) is 11.1 Å². The van der Waals surface area contributed by atoms with Gasteiger partial charge in [0.2, 0.25) is 0 Å². The molecule has 1 aliphatic heterocycles. The number of hydrogen-bond donors (Lipinski definition) is 1. The van der Waals surface area contributed by atoms with Gasteiger partial charge in [-0.1, -0.05) is 60.2 Å². The van der Waals surface area contributed by atoms with Gasteiger partial charge in [0.25, 0.3) is 0 Å². The van der Waals surface area contributed by atoms with Crippen molar-refractivity contribution in [3.8, 4) is 11.1 Å². The van der Waals surface area contributed by atoms with E-state index in [1.54, 1.807) is 0 Å². The van der Waals surface area contributed by atoms with Gasteiger partial charge in [-0.2, -0.15) is 0 Å². The summed E-state index contributed by atoms with van der Waals surface area (Å²) < 4.78 is 6.12. The van der Waals surface area contributed by atoms with E-state index in [2.05, 4.69) is 60.4 Å². The third kappa shape index (κ3) is 5.98. The summed E-state index contributed by atoms with van der Waals surface area (Å²) >= 11 is 0. The van der Waals surface area contributed by atoms with Gasteiger partial charge < -0.3 is 9.84 Å². The highest BCUT2D eigenvalue weighted by atomic mass is 16.5. The summed E-state index contributed by atoms with van der Waals surface area (Å²) in [6.07, 6.45) is 0.735. The summed E-state index contributed by atoms with van der Waals surface area (Å²) in [5.74, 6) is -0.991. The van der Waals surface area contributed by atoms with Gasteiger partial charge in [-0.25, -0.2) is 4.79 Å². The number of nitrogens with zero attached hydrogens (tertiary/aromatic N) is 2. The molecule has 0 saturated carbocycles. The Labute approximate surface area is 208 Å². The maximum absolute atomic E-state index is 12.5. The number of aryl methyl sites for hydroxylation is 2. The van der Waals surface area contributed by atoms with E-state index in [4.69, 9.17) is 9.72 Å².